The highest BCUT2D eigenvalue weighted by Crippen LogP contribution is 2.43. The summed E-state index contributed by atoms with van der Waals surface area (Å²) in [5.41, 5.74) is 4.02. The van der Waals surface area contributed by atoms with Crippen molar-refractivity contribution in [3.05, 3.63) is 29.6 Å². The Hall–Kier alpha value is -1.02. The number of hydrogen-bond acceptors (Lipinski definition) is 1. The lowest BCUT2D eigenvalue weighted by atomic mass is 9.83. The molecule has 1 aliphatic rings. The summed E-state index contributed by atoms with van der Waals surface area (Å²) in [5, 5.41) is -0.0481. The third kappa shape index (κ3) is 2.70. The fraction of sp³-hybridized carbons (Fsp3) is 0.611. The zero-order chi connectivity index (χ0) is 15.0. The van der Waals surface area contributed by atoms with Gasteiger partial charge >= 0.3 is 0 Å². The van der Waals surface area contributed by atoms with Crippen LogP contribution in [0.1, 0.15) is 62.7 Å². The van der Waals surface area contributed by atoms with E-state index in [1.807, 2.05) is 6.92 Å². The van der Waals surface area contributed by atoms with E-state index >= 15 is 0 Å². The van der Waals surface area contributed by atoms with Gasteiger partial charge < -0.3 is 4.57 Å². The molecule has 1 aromatic carbocycles. The fourth-order valence-corrected chi connectivity index (χ4v) is 3.98. The van der Waals surface area contributed by atoms with Gasteiger partial charge in [0.05, 0.1) is 16.4 Å². The van der Waals surface area contributed by atoms with Crippen LogP contribution in [-0.2, 0) is 6.54 Å². The van der Waals surface area contributed by atoms with Crippen molar-refractivity contribution in [1.29, 1.82) is 0 Å². The minimum atomic E-state index is -0.0481. The quantitative estimate of drug-likeness (QED) is 0.671. The Bertz CT molecular complexity index is 636. The molecule has 114 valence electrons. The van der Waals surface area contributed by atoms with Gasteiger partial charge in [-0.1, -0.05) is 25.8 Å². The molecule has 0 bridgehead atoms. The smallest absolute Gasteiger partial charge is 0.127 e. The summed E-state index contributed by atoms with van der Waals surface area (Å²) in [4.78, 5) is 4.81. The normalized spacial score (nSPS) is 19.2. The molecule has 0 saturated heterocycles. The van der Waals surface area contributed by atoms with E-state index in [1.165, 1.54) is 43.2 Å². The van der Waals surface area contributed by atoms with E-state index in [1.54, 1.807) is 0 Å². The Kier molecular flexibility index (Phi) is 4.00. The van der Waals surface area contributed by atoms with Crippen molar-refractivity contribution in [1.82, 2.24) is 9.55 Å². The van der Waals surface area contributed by atoms with Gasteiger partial charge in [0.2, 0.25) is 0 Å². The minimum Gasteiger partial charge on any atom is -0.326 e. The Balaban J connectivity index is 2.09. The van der Waals surface area contributed by atoms with Crippen LogP contribution in [0.4, 0.5) is 0 Å². The van der Waals surface area contributed by atoms with Crippen molar-refractivity contribution >= 4 is 22.6 Å². The topological polar surface area (TPSA) is 17.8 Å². The molecule has 0 aliphatic heterocycles. The molecule has 0 radical (unpaired) electrons. The number of fused-ring (bicyclic) bond motifs is 1. The molecule has 1 aromatic heterocycles. The monoisotopic (exact) mass is 304 g/mol. The SMILES string of the molecule is CCC1(Cn2c(C(C)Cl)nc3cc(C)ccc32)CCCC1. The van der Waals surface area contributed by atoms with Gasteiger partial charge in [-0.25, -0.2) is 4.98 Å². The summed E-state index contributed by atoms with van der Waals surface area (Å²) in [6.07, 6.45) is 6.65. The van der Waals surface area contributed by atoms with Gasteiger partial charge in [-0.05, 0) is 56.2 Å². The van der Waals surface area contributed by atoms with Crippen molar-refractivity contribution in [3.63, 3.8) is 0 Å². The summed E-state index contributed by atoms with van der Waals surface area (Å²) in [6.45, 7) is 7.54. The number of aromatic nitrogens is 2. The third-order valence-corrected chi connectivity index (χ3v) is 5.39. The van der Waals surface area contributed by atoms with E-state index in [9.17, 15) is 0 Å². The van der Waals surface area contributed by atoms with Gasteiger partial charge in [0.1, 0.15) is 5.82 Å². The number of rotatable bonds is 4. The number of halogens is 1. The number of aryl methyl sites for hydroxylation is 1. The first-order chi connectivity index (χ1) is 10.0. The molecule has 3 heteroatoms. The first-order valence-electron chi connectivity index (χ1n) is 8.15. The Labute approximate surface area is 132 Å². The lowest BCUT2D eigenvalue weighted by Crippen LogP contribution is -2.24. The summed E-state index contributed by atoms with van der Waals surface area (Å²) >= 11 is 6.41. The van der Waals surface area contributed by atoms with Crippen LogP contribution in [0.15, 0.2) is 18.2 Å². The number of benzene rings is 1. The second-order valence-corrected chi connectivity index (χ2v) is 7.38. The first kappa shape index (κ1) is 14.9. The summed E-state index contributed by atoms with van der Waals surface area (Å²) in [7, 11) is 0. The van der Waals surface area contributed by atoms with Crippen molar-refractivity contribution in [3.8, 4) is 0 Å². The van der Waals surface area contributed by atoms with Crippen LogP contribution in [-0.4, -0.2) is 9.55 Å². The van der Waals surface area contributed by atoms with Gasteiger partial charge in [0.25, 0.3) is 0 Å². The van der Waals surface area contributed by atoms with Crippen molar-refractivity contribution < 1.29 is 0 Å². The van der Waals surface area contributed by atoms with Crippen LogP contribution >= 0.6 is 11.6 Å². The largest absolute Gasteiger partial charge is 0.326 e. The Morgan fingerprint density at radius 1 is 1.33 bits per heavy atom. The molecule has 1 unspecified atom stereocenters. The molecule has 0 spiro atoms. The van der Waals surface area contributed by atoms with Crippen LogP contribution in [0.5, 0.6) is 0 Å². The van der Waals surface area contributed by atoms with E-state index < -0.39 is 0 Å². The summed E-state index contributed by atoms with van der Waals surface area (Å²) < 4.78 is 2.39. The second-order valence-electron chi connectivity index (χ2n) is 6.72. The lowest BCUT2D eigenvalue weighted by Gasteiger charge is -2.29. The second kappa shape index (κ2) is 5.64. The highest BCUT2D eigenvalue weighted by Gasteiger charge is 2.33. The van der Waals surface area contributed by atoms with Crippen molar-refractivity contribution in [2.75, 3.05) is 0 Å². The van der Waals surface area contributed by atoms with Crippen LogP contribution in [0.3, 0.4) is 0 Å². The molecule has 0 amide bonds. The summed E-state index contributed by atoms with van der Waals surface area (Å²) in [5.74, 6) is 1.02. The number of hydrogen-bond donors (Lipinski definition) is 0. The third-order valence-electron chi connectivity index (χ3n) is 5.20. The maximum atomic E-state index is 6.41. The predicted octanol–water partition coefficient (Wildman–Crippen LogP) is 5.61. The van der Waals surface area contributed by atoms with E-state index in [4.69, 9.17) is 16.6 Å². The zero-order valence-corrected chi connectivity index (χ0v) is 14.1. The van der Waals surface area contributed by atoms with Gasteiger partial charge in [0.15, 0.2) is 0 Å². The number of alkyl halides is 1. The maximum Gasteiger partial charge on any atom is 0.127 e. The van der Waals surface area contributed by atoms with E-state index in [2.05, 4.69) is 36.6 Å². The number of nitrogens with zero attached hydrogens (tertiary/aromatic N) is 2. The summed E-state index contributed by atoms with van der Waals surface area (Å²) in [6, 6.07) is 6.55. The molecular weight excluding hydrogens is 280 g/mol. The molecule has 1 atom stereocenters. The molecule has 2 aromatic rings. The fourth-order valence-electron chi connectivity index (χ4n) is 3.81. The molecular formula is C18H25ClN2. The highest BCUT2D eigenvalue weighted by molar-refractivity contribution is 6.20. The standard InChI is InChI=1S/C18H25ClN2/c1-4-18(9-5-6-10-18)12-21-16-8-7-13(2)11-15(16)20-17(21)14(3)19/h7-8,11,14H,4-6,9-10,12H2,1-3H3. The maximum absolute atomic E-state index is 6.41. The van der Waals surface area contributed by atoms with Crippen molar-refractivity contribution in [2.24, 2.45) is 5.41 Å². The van der Waals surface area contributed by atoms with Gasteiger partial charge in [0, 0.05) is 6.54 Å². The van der Waals surface area contributed by atoms with Crippen LogP contribution in [0.25, 0.3) is 11.0 Å². The molecule has 3 rings (SSSR count). The lowest BCUT2D eigenvalue weighted by molar-refractivity contribution is 0.237. The average Bonchev–Trinajstić information content (AvgIpc) is 3.05. The van der Waals surface area contributed by atoms with E-state index in [0.29, 0.717) is 5.41 Å². The molecule has 2 nitrogen and oxygen atoms in total. The molecule has 1 saturated carbocycles. The van der Waals surface area contributed by atoms with Crippen LogP contribution < -0.4 is 0 Å². The molecule has 1 fully saturated rings. The van der Waals surface area contributed by atoms with Crippen LogP contribution in [0.2, 0.25) is 0 Å². The molecule has 1 heterocycles. The first-order valence-corrected chi connectivity index (χ1v) is 8.59. The number of imidazole rings is 1. The molecule has 21 heavy (non-hydrogen) atoms. The zero-order valence-electron chi connectivity index (χ0n) is 13.3. The van der Waals surface area contributed by atoms with Gasteiger partial charge in [-0.2, -0.15) is 0 Å². The Morgan fingerprint density at radius 3 is 2.67 bits per heavy atom. The average molecular weight is 305 g/mol. The van der Waals surface area contributed by atoms with E-state index in [-0.39, 0.29) is 5.38 Å². The molecule has 1 aliphatic carbocycles. The predicted molar refractivity (Wildman–Crippen MR) is 89.9 cm³/mol. The molecule has 0 N–H and O–H groups in total. The highest BCUT2D eigenvalue weighted by atomic mass is 35.5. The van der Waals surface area contributed by atoms with E-state index in [0.717, 1.165) is 17.9 Å². The van der Waals surface area contributed by atoms with Gasteiger partial charge in [-0.15, -0.1) is 11.6 Å². The Morgan fingerprint density at radius 2 is 2.05 bits per heavy atom. The van der Waals surface area contributed by atoms with Crippen molar-refractivity contribution in [2.45, 2.75) is 64.8 Å². The van der Waals surface area contributed by atoms with Gasteiger partial charge in [-0.3, -0.25) is 0 Å². The van der Waals surface area contributed by atoms with Crippen LogP contribution in [0, 0.1) is 12.3 Å². The minimum absolute atomic E-state index is 0.0481.